The lowest BCUT2D eigenvalue weighted by molar-refractivity contribution is -0.00716. The van der Waals surface area contributed by atoms with E-state index in [-0.39, 0.29) is 80.4 Å². The molecule has 0 aliphatic heterocycles. The summed E-state index contributed by atoms with van der Waals surface area (Å²) >= 11 is 9.59. The first kappa shape index (κ1) is 49.6. The molecule has 352 valence electrons. The zero-order valence-corrected chi connectivity index (χ0v) is 40.3. The van der Waals surface area contributed by atoms with Gasteiger partial charge in [-0.15, -0.1) is 11.6 Å². The first-order valence-electron chi connectivity index (χ1n) is 22.2. The Hall–Kier alpha value is -6.34. The van der Waals surface area contributed by atoms with E-state index < -0.39 is 18.0 Å². The highest BCUT2D eigenvalue weighted by Gasteiger charge is 2.37. The molecule has 0 aromatic heterocycles. The zero-order chi connectivity index (χ0) is 47.5. The molecule has 0 aliphatic rings. The Kier molecular flexibility index (Phi) is 18.7. The van der Waals surface area contributed by atoms with Gasteiger partial charge in [-0.05, 0) is 62.8 Å². The van der Waals surface area contributed by atoms with Gasteiger partial charge in [0.05, 0.1) is 18.8 Å². The SMILES string of the molecule is COC(c1c(OCc2ccccc2)cc(OCCOCCCl)c(Br)c1OCc1ccc(C)cc1)C(O)C(=O)c1cc(OCc2ccccc2)c(OCc2ccccc2)c(OCc2ccccc2)c1. The molecule has 0 saturated carbocycles. The second-order valence-electron chi connectivity index (χ2n) is 15.7. The van der Waals surface area contributed by atoms with Crippen molar-refractivity contribution in [3.8, 4) is 34.5 Å². The van der Waals surface area contributed by atoms with E-state index in [1.807, 2.05) is 153 Å². The van der Waals surface area contributed by atoms with Gasteiger partial charge in [0, 0.05) is 24.6 Å². The Labute approximate surface area is 411 Å². The van der Waals surface area contributed by atoms with Crippen LogP contribution in [0.5, 0.6) is 34.5 Å². The van der Waals surface area contributed by atoms with E-state index in [4.69, 9.17) is 49.5 Å². The summed E-state index contributed by atoms with van der Waals surface area (Å²) < 4.78 is 51.0. The van der Waals surface area contributed by atoms with E-state index in [1.54, 1.807) is 18.2 Å². The molecule has 0 spiro atoms. The van der Waals surface area contributed by atoms with Gasteiger partial charge in [0.1, 0.15) is 73.6 Å². The molecule has 12 heteroatoms. The number of Topliss-reactive ketones (excluding diaryl/α,β-unsaturated/α-hetero) is 1. The predicted molar refractivity (Wildman–Crippen MR) is 266 cm³/mol. The summed E-state index contributed by atoms with van der Waals surface area (Å²) in [4.78, 5) is 15.0. The van der Waals surface area contributed by atoms with Crippen molar-refractivity contribution in [1.82, 2.24) is 0 Å². The van der Waals surface area contributed by atoms with Crippen LogP contribution >= 0.6 is 27.5 Å². The summed E-state index contributed by atoms with van der Waals surface area (Å²) in [5.74, 6) is 1.33. The molecule has 10 nitrogen and oxygen atoms in total. The van der Waals surface area contributed by atoms with Crippen molar-refractivity contribution in [1.29, 1.82) is 0 Å². The van der Waals surface area contributed by atoms with Gasteiger partial charge < -0.3 is 43.0 Å². The van der Waals surface area contributed by atoms with E-state index >= 15 is 4.79 Å². The Bertz CT molecular complexity index is 2570. The van der Waals surface area contributed by atoms with Gasteiger partial charge >= 0.3 is 0 Å². The van der Waals surface area contributed by atoms with Crippen LogP contribution in [0.1, 0.15) is 55.4 Å². The number of aliphatic hydroxyl groups is 1. The van der Waals surface area contributed by atoms with Crippen LogP contribution in [0.4, 0.5) is 0 Å². The Morgan fingerprint density at radius 3 is 1.44 bits per heavy atom. The van der Waals surface area contributed by atoms with Crippen LogP contribution in [-0.4, -0.2) is 49.8 Å². The third-order valence-corrected chi connectivity index (χ3v) is 11.6. The maximum Gasteiger partial charge on any atom is 0.203 e. The maximum absolute atomic E-state index is 15.0. The summed E-state index contributed by atoms with van der Waals surface area (Å²) in [5.41, 5.74) is 5.93. The van der Waals surface area contributed by atoms with Crippen LogP contribution in [0.2, 0.25) is 0 Å². The minimum absolute atomic E-state index is 0.0857. The number of rotatable bonds is 26. The summed E-state index contributed by atoms with van der Waals surface area (Å²) in [6.07, 6.45) is -3.15. The fourth-order valence-electron chi connectivity index (χ4n) is 7.17. The number of aryl methyl sites for hydroxylation is 1. The van der Waals surface area contributed by atoms with Gasteiger partial charge in [0.15, 0.2) is 17.3 Å². The topological polar surface area (TPSA) is 111 Å². The standard InChI is InChI=1S/C56H54BrClO10/c1-39-23-25-44(26-24-39)38-68-55-50(46(64-34-40-15-7-3-8-16-40)33-47(51(55)57)63-30-29-62-28-27-58)56(61-2)53(60)52(59)45-31-48(65-35-41-17-9-4-10-18-41)54(67-37-43-21-13-6-14-22-43)49(32-45)66-36-42-19-11-5-12-20-42/h3-26,31-33,53,56,60H,27-30,34-38H2,1-2H3. The van der Waals surface area contributed by atoms with Gasteiger partial charge in [0.25, 0.3) is 0 Å². The molecule has 1 N–H and O–H groups in total. The van der Waals surface area contributed by atoms with Crippen molar-refractivity contribution in [3.05, 3.63) is 213 Å². The fourth-order valence-corrected chi connectivity index (χ4v) is 7.83. The third kappa shape index (κ3) is 13.9. The normalized spacial score (nSPS) is 11.9. The molecular weight excluding hydrogens is 948 g/mol. The lowest BCUT2D eigenvalue weighted by atomic mass is 9.95. The lowest BCUT2D eigenvalue weighted by Crippen LogP contribution is -2.30. The summed E-state index contributed by atoms with van der Waals surface area (Å²) in [7, 11) is 1.42. The number of hydrogen-bond acceptors (Lipinski definition) is 10. The molecule has 68 heavy (non-hydrogen) atoms. The number of carbonyl (C=O) groups is 1. The largest absolute Gasteiger partial charge is 0.490 e. The number of alkyl halides is 1. The van der Waals surface area contributed by atoms with Gasteiger partial charge in [-0.2, -0.15) is 0 Å². The Morgan fingerprint density at radius 2 is 0.971 bits per heavy atom. The average molecular weight is 1000 g/mol. The monoisotopic (exact) mass is 1000 g/mol. The first-order valence-corrected chi connectivity index (χ1v) is 23.5. The molecule has 0 saturated heterocycles. The number of aliphatic hydroxyl groups excluding tert-OH is 1. The number of ether oxygens (including phenoxy) is 8. The Morgan fingerprint density at radius 1 is 0.529 bits per heavy atom. The van der Waals surface area contributed by atoms with Crippen molar-refractivity contribution in [2.24, 2.45) is 0 Å². The van der Waals surface area contributed by atoms with Crippen molar-refractivity contribution < 1.29 is 47.8 Å². The van der Waals surface area contributed by atoms with Crippen LogP contribution in [-0.2, 0) is 42.5 Å². The third-order valence-electron chi connectivity index (χ3n) is 10.7. The second kappa shape index (κ2) is 25.7. The quantitative estimate of drug-likeness (QED) is 0.0320. The zero-order valence-electron chi connectivity index (χ0n) is 38.0. The van der Waals surface area contributed by atoms with Crippen molar-refractivity contribution in [2.45, 2.75) is 52.2 Å². The van der Waals surface area contributed by atoms with Gasteiger partial charge in [-0.3, -0.25) is 4.79 Å². The molecule has 7 rings (SSSR count). The molecule has 0 amide bonds. The highest BCUT2D eigenvalue weighted by Crippen LogP contribution is 2.49. The van der Waals surface area contributed by atoms with E-state index in [0.717, 1.165) is 33.4 Å². The first-order chi connectivity index (χ1) is 33.3. The fraction of sp³-hybridized carbons (Fsp3) is 0.232. The van der Waals surface area contributed by atoms with Crippen LogP contribution in [0.3, 0.4) is 0 Å². The molecule has 0 fully saturated rings. The van der Waals surface area contributed by atoms with E-state index in [2.05, 4.69) is 15.9 Å². The van der Waals surface area contributed by atoms with Crippen molar-refractivity contribution >= 4 is 33.3 Å². The van der Waals surface area contributed by atoms with E-state index in [0.29, 0.717) is 28.5 Å². The predicted octanol–water partition coefficient (Wildman–Crippen LogP) is 12.2. The lowest BCUT2D eigenvalue weighted by Gasteiger charge is -2.28. The highest BCUT2D eigenvalue weighted by molar-refractivity contribution is 9.10. The molecule has 0 bridgehead atoms. The van der Waals surface area contributed by atoms with Crippen LogP contribution < -0.4 is 28.4 Å². The number of methoxy groups -OCH3 is 1. The maximum atomic E-state index is 15.0. The number of hydrogen-bond donors (Lipinski definition) is 1. The highest BCUT2D eigenvalue weighted by atomic mass is 79.9. The number of ketones is 1. The molecule has 0 radical (unpaired) electrons. The minimum Gasteiger partial charge on any atom is -0.490 e. The molecule has 2 unspecified atom stereocenters. The van der Waals surface area contributed by atoms with E-state index in [9.17, 15) is 5.11 Å². The van der Waals surface area contributed by atoms with Gasteiger partial charge in [-0.1, -0.05) is 151 Å². The summed E-state index contributed by atoms with van der Waals surface area (Å²) in [6.45, 7) is 3.62. The molecule has 7 aromatic rings. The summed E-state index contributed by atoms with van der Waals surface area (Å²) in [6, 6.07) is 51.4. The number of carbonyl (C=O) groups excluding carboxylic acids is 1. The van der Waals surface area contributed by atoms with Crippen LogP contribution in [0, 0.1) is 6.92 Å². The van der Waals surface area contributed by atoms with Crippen molar-refractivity contribution in [3.63, 3.8) is 0 Å². The second-order valence-corrected chi connectivity index (χ2v) is 16.9. The van der Waals surface area contributed by atoms with Crippen LogP contribution in [0.25, 0.3) is 0 Å². The van der Waals surface area contributed by atoms with Gasteiger partial charge in [0.2, 0.25) is 5.75 Å². The van der Waals surface area contributed by atoms with E-state index in [1.165, 1.54) is 7.11 Å². The molecule has 7 aromatic carbocycles. The molecule has 0 aliphatic carbocycles. The van der Waals surface area contributed by atoms with Gasteiger partial charge in [-0.25, -0.2) is 0 Å². The molecule has 2 atom stereocenters. The minimum atomic E-state index is -1.82. The Balaban J connectivity index is 1.31. The average Bonchev–Trinajstić information content (AvgIpc) is 3.38. The van der Waals surface area contributed by atoms with Crippen LogP contribution in [0.15, 0.2) is 168 Å². The molecular formula is C56H54BrClO10. The summed E-state index contributed by atoms with van der Waals surface area (Å²) in [5, 5.41) is 12.5. The number of halogens is 2. The van der Waals surface area contributed by atoms with Crippen molar-refractivity contribution in [2.75, 3.05) is 32.8 Å². The molecule has 0 heterocycles. The number of benzene rings is 7. The smallest absolute Gasteiger partial charge is 0.203 e.